The number of nitrogens with zero attached hydrogens (tertiary/aromatic N) is 1. The van der Waals surface area contributed by atoms with Crippen LogP contribution in [-0.4, -0.2) is 51.3 Å². The first-order chi connectivity index (χ1) is 8.45. The highest BCUT2D eigenvalue weighted by atomic mass is 127. The van der Waals surface area contributed by atoms with Crippen molar-refractivity contribution in [1.82, 2.24) is 16.0 Å². The van der Waals surface area contributed by atoms with Crippen LogP contribution in [-0.2, 0) is 9.53 Å². The first-order valence-electron chi connectivity index (χ1n) is 6.21. The predicted molar refractivity (Wildman–Crippen MR) is 89.2 cm³/mol. The number of guanidine groups is 1. The number of hydrogen-bond donors (Lipinski definition) is 3. The summed E-state index contributed by atoms with van der Waals surface area (Å²) in [5.74, 6) is 0.553. The summed E-state index contributed by atoms with van der Waals surface area (Å²) in [6, 6.07) is 0. The Morgan fingerprint density at radius 3 is 2.37 bits per heavy atom. The third-order valence-electron chi connectivity index (χ3n) is 2.45. The quantitative estimate of drug-likeness (QED) is 0.343. The molecule has 1 amide bonds. The van der Waals surface area contributed by atoms with Crippen molar-refractivity contribution in [3.63, 3.8) is 0 Å². The minimum Gasteiger partial charge on any atom is -0.377 e. The van der Waals surface area contributed by atoms with Gasteiger partial charge in [0.2, 0.25) is 5.91 Å². The Labute approximate surface area is 133 Å². The lowest BCUT2D eigenvalue weighted by Crippen LogP contribution is -2.47. The van der Waals surface area contributed by atoms with E-state index in [0.29, 0.717) is 19.0 Å². The highest BCUT2D eigenvalue weighted by molar-refractivity contribution is 14.0. The van der Waals surface area contributed by atoms with E-state index < -0.39 is 0 Å². The number of methoxy groups -OCH3 is 1. The summed E-state index contributed by atoms with van der Waals surface area (Å²) in [5, 5.41) is 8.84. The molecule has 0 aliphatic rings. The Bertz CT molecular complexity index is 283. The van der Waals surface area contributed by atoms with Crippen LogP contribution in [0.25, 0.3) is 0 Å². The molecule has 0 aromatic heterocycles. The molecule has 7 heteroatoms. The van der Waals surface area contributed by atoms with Crippen LogP contribution < -0.4 is 16.0 Å². The molecule has 0 aliphatic heterocycles. The van der Waals surface area contributed by atoms with Crippen LogP contribution in [0.3, 0.4) is 0 Å². The summed E-state index contributed by atoms with van der Waals surface area (Å²) in [4.78, 5) is 15.4. The number of nitrogens with one attached hydrogen (secondary N) is 3. The molecule has 114 valence electrons. The molecule has 0 saturated heterocycles. The molecule has 0 fully saturated rings. The van der Waals surface area contributed by atoms with E-state index >= 15 is 0 Å². The minimum absolute atomic E-state index is 0. The van der Waals surface area contributed by atoms with Crippen molar-refractivity contribution in [3.05, 3.63) is 0 Å². The van der Waals surface area contributed by atoms with Crippen LogP contribution >= 0.6 is 24.0 Å². The zero-order chi connectivity index (χ0) is 14.0. The molecule has 0 aliphatic carbocycles. The lowest BCUT2D eigenvalue weighted by molar-refractivity contribution is -0.120. The minimum atomic E-state index is -0.276. The summed E-state index contributed by atoms with van der Waals surface area (Å²) in [7, 11) is 3.33. The van der Waals surface area contributed by atoms with E-state index in [1.807, 2.05) is 20.8 Å². The fourth-order valence-electron chi connectivity index (χ4n) is 1.08. The van der Waals surface area contributed by atoms with Gasteiger partial charge >= 0.3 is 0 Å². The van der Waals surface area contributed by atoms with Gasteiger partial charge in [0.25, 0.3) is 0 Å². The molecule has 0 unspecified atom stereocenters. The summed E-state index contributed by atoms with van der Waals surface area (Å²) in [6.07, 6.45) is 0.931. The molecule has 0 radical (unpaired) electrons. The number of hydrogen-bond acceptors (Lipinski definition) is 3. The molecule has 19 heavy (non-hydrogen) atoms. The van der Waals surface area contributed by atoms with Crippen molar-refractivity contribution in [2.24, 2.45) is 4.99 Å². The van der Waals surface area contributed by atoms with Gasteiger partial charge in [0.1, 0.15) is 0 Å². The van der Waals surface area contributed by atoms with E-state index in [4.69, 9.17) is 4.74 Å². The molecule has 6 nitrogen and oxygen atoms in total. The number of amides is 1. The number of rotatable bonds is 7. The average molecular weight is 386 g/mol. The second-order valence-corrected chi connectivity index (χ2v) is 4.59. The second-order valence-electron chi connectivity index (χ2n) is 4.59. The van der Waals surface area contributed by atoms with Gasteiger partial charge in [-0.25, -0.2) is 0 Å². The summed E-state index contributed by atoms with van der Waals surface area (Å²) in [5.41, 5.74) is -0.276. The Hall–Kier alpha value is -0.570. The number of carbonyl (C=O) groups excluding carboxylic acids is 1. The van der Waals surface area contributed by atoms with Gasteiger partial charge in [-0.15, -0.1) is 24.0 Å². The van der Waals surface area contributed by atoms with Crippen LogP contribution in [0.4, 0.5) is 0 Å². The van der Waals surface area contributed by atoms with E-state index in [1.54, 1.807) is 14.2 Å². The molecule has 0 aromatic carbocycles. The van der Waals surface area contributed by atoms with Gasteiger partial charge in [0.15, 0.2) is 5.96 Å². The van der Waals surface area contributed by atoms with Crippen LogP contribution in [0.1, 0.15) is 27.2 Å². The first-order valence-corrected chi connectivity index (χ1v) is 6.21. The normalized spacial score (nSPS) is 11.5. The van der Waals surface area contributed by atoms with Crippen molar-refractivity contribution in [1.29, 1.82) is 0 Å². The van der Waals surface area contributed by atoms with Crippen LogP contribution in [0.15, 0.2) is 4.99 Å². The fraction of sp³-hybridized carbons (Fsp3) is 0.833. The van der Waals surface area contributed by atoms with Crippen molar-refractivity contribution in [3.8, 4) is 0 Å². The molecule has 0 aromatic rings. The highest BCUT2D eigenvalue weighted by Crippen LogP contribution is 2.04. The van der Waals surface area contributed by atoms with Crippen molar-refractivity contribution < 1.29 is 9.53 Å². The average Bonchev–Trinajstić information content (AvgIpc) is 2.36. The Balaban J connectivity index is 0. The fourth-order valence-corrected chi connectivity index (χ4v) is 1.08. The largest absolute Gasteiger partial charge is 0.377 e. The van der Waals surface area contributed by atoms with Gasteiger partial charge < -0.3 is 20.7 Å². The van der Waals surface area contributed by atoms with E-state index in [0.717, 1.165) is 6.42 Å². The van der Waals surface area contributed by atoms with E-state index in [1.165, 1.54) is 0 Å². The third-order valence-corrected chi connectivity index (χ3v) is 2.45. The Kier molecular flexibility index (Phi) is 12.3. The van der Waals surface area contributed by atoms with E-state index in [9.17, 15) is 4.79 Å². The number of halogens is 1. The summed E-state index contributed by atoms with van der Waals surface area (Å²) < 4.78 is 5.29. The molecule has 0 spiro atoms. The lowest BCUT2D eigenvalue weighted by atomic mass is 10.1. The second kappa shape index (κ2) is 11.3. The SMILES string of the molecule is CCCNC(=O)CNC(=NC)NCC(C)(C)OC.I. The van der Waals surface area contributed by atoms with Crippen molar-refractivity contribution in [2.45, 2.75) is 32.8 Å². The maximum absolute atomic E-state index is 11.4. The highest BCUT2D eigenvalue weighted by Gasteiger charge is 2.16. The number of carbonyl (C=O) groups is 1. The van der Waals surface area contributed by atoms with Gasteiger partial charge in [-0.2, -0.15) is 0 Å². The monoisotopic (exact) mass is 386 g/mol. The molecule has 0 rings (SSSR count). The van der Waals surface area contributed by atoms with Gasteiger partial charge in [-0.05, 0) is 20.3 Å². The number of ether oxygens (including phenoxy) is 1. The summed E-state index contributed by atoms with van der Waals surface area (Å²) >= 11 is 0. The van der Waals surface area contributed by atoms with Gasteiger partial charge in [-0.3, -0.25) is 9.79 Å². The zero-order valence-electron chi connectivity index (χ0n) is 12.5. The smallest absolute Gasteiger partial charge is 0.239 e. The molecule has 0 atom stereocenters. The Morgan fingerprint density at radius 1 is 1.26 bits per heavy atom. The molecule has 0 bridgehead atoms. The topological polar surface area (TPSA) is 74.8 Å². The predicted octanol–water partition coefficient (Wildman–Crippen LogP) is 0.721. The maximum atomic E-state index is 11.4. The van der Waals surface area contributed by atoms with E-state index in [-0.39, 0.29) is 42.0 Å². The van der Waals surface area contributed by atoms with Crippen molar-refractivity contribution >= 4 is 35.8 Å². The lowest BCUT2D eigenvalue weighted by Gasteiger charge is -2.24. The molecular weight excluding hydrogens is 359 g/mol. The van der Waals surface area contributed by atoms with Gasteiger partial charge in [0, 0.05) is 27.2 Å². The number of aliphatic imine (C=N–C) groups is 1. The van der Waals surface area contributed by atoms with Gasteiger partial charge in [0.05, 0.1) is 12.1 Å². The van der Waals surface area contributed by atoms with E-state index in [2.05, 4.69) is 20.9 Å². The van der Waals surface area contributed by atoms with Crippen LogP contribution in [0.2, 0.25) is 0 Å². The van der Waals surface area contributed by atoms with Crippen LogP contribution in [0.5, 0.6) is 0 Å². The van der Waals surface area contributed by atoms with Crippen molar-refractivity contribution in [2.75, 3.05) is 33.8 Å². The molecule has 0 heterocycles. The third kappa shape index (κ3) is 11.0. The Morgan fingerprint density at radius 2 is 1.89 bits per heavy atom. The molecule has 0 saturated carbocycles. The first kappa shape index (κ1) is 20.7. The summed E-state index contributed by atoms with van der Waals surface area (Å²) in [6.45, 7) is 7.49. The standard InChI is InChI=1S/C12H26N4O2.HI/c1-6-7-14-10(17)8-15-11(13-4)16-9-12(2,3)18-5;/h6-9H2,1-5H3,(H,14,17)(H2,13,15,16);1H. The van der Waals surface area contributed by atoms with Crippen LogP contribution in [0, 0.1) is 0 Å². The maximum Gasteiger partial charge on any atom is 0.239 e. The molecular formula is C12H27IN4O2. The zero-order valence-corrected chi connectivity index (χ0v) is 14.8. The molecule has 3 N–H and O–H groups in total. The van der Waals surface area contributed by atoms with Gasteiger partial charge in [-0.1, -0.05) is 6.92 Å².